The molecule has 0 saturated heterocycles. The Kier molecular flexibility index (Phi) is 5.94. The van der Waals surface area contributed by atoms with Crippen molar-refractivity contribution in [1.29, 1.82) is 0 Å². The van der Waals surface area contributed by atoms with Gasteiger partial charge in [-0.2, -0.15) is 0 Å². The number of carbonyl (C=O) groups is 1. The molecule has 0 fully saturated rings. The average Bonchev–Trinajstić information content (AvgIpc) is 3.13. The van der Waals surface area contributed by atoms with Crippen LogP contribution in [0.1, 0.15) is 5.01 Å². The van der Waals surface area contributed by atoms with E-state index in [1.807, 2.05) is 54.6 Å². The van der Waals surface area contributed by atoms with Gasteiger partial charge in [0, 0.05) is 11.8 Å². The number of pyridine rings is 1. The van der Waals surface area contributed by atoms with E-state index in [4.69, 9.17) is 16.7 Å². The number of halogens is 1. The molecule has 2 heterocycles. The lowest BCUT2D eigenvalue weighted by atomic mass is 10.1. The van der Waals surface area contributed by atoms with Crippen molar-refractivity contribution in [2.75, 3.05) is 18.9 Å². The predicted octanol–water partition coefficient (Wildman–Crippen LogP) is 5.27. The van der Waals surface area contributed by atoms with Gasteiger partial charge in [-0.15, -0.1) is 11.3 Å². The van der Waals surface area contributed by atoms with E-state index in [2.05, 4.69) is 15.3 Å². The van der Waals surface area contributed by atoms with Crippen molar-refractivity contribution < 1.29 is 9.90 Å². The van der Waals surface area contributed by atoms with Crippen LogP contribution in [-0.2, 0) is 11.3 Å². The molecule has 2 aromatic carbocycles. The highest BCUT2D eigenvalue weighted by atomic mass is 35.5. The molecule has 8 heteroatoms. The summed E-state index contributed by atoms with van der Waals surface area (Å²) in [5.74, 6) is -0.251. The van der Waals surface area contributed by atoms with Gasteiger partial charge in [0.25, 0.3) is 0 Å². The van der Waals surface area contributed by atoms with E-state index in [-0.39, 0.29) is 6.54 Å². The first-order valence-electron chi connectivity index (χ1n) is 9.27. The largest absolute Gasteiger partial charge is 0.480 e. The Morgan fingerprint density at radius 2 is 1.97 bits per heavy atom. The maximum Gasteiger partial charge on any atom is 0.317 e. The van der Waals surface area contributed by atoms with Gasteiger partial charge in [-0.3, -0.25) is 9.69 Å². The monoisotopic (exact) mass is 438 g/mol. The quantitative estimate of drug-likeness (QED) is 0.409. The third-order valence-corrected chi connectivity index (χ3v) is 5.91. The fourth-order valence-electron chi connectivity index (χ4n) is 3.17. The van der Waals surface area contributed by atoms with E-state index in [0.29, 0.717) is 17.4 Å². The molecular formula is C22H19ClN4O2S. The Labute approximate surface area is 182 Å². The number of rotatable bonds is 7. The molecule has 0 unspecified atom stereocenters. The van der Waals surface area contributed by atoms with Crippen molar-refractivity contribution in [1.82, 2.24) is 14.9 Å². The smallest absolute Gasteiger partial charge is 0.317 e. The number of carboxylic acids is 1. The molecule has 0 radical (unpaired) electrons. The molecule has 0 atom stereocenters. The fraction of sp³-hybridized carbons (Fsp3) is 0.136. The van der Waals surface area contributed by atoms with Gasteiger partial charge in [-0.05, 0) is 24.7 Å². The minimum absolute atomic E-state index is 0.0405. The number of hydrogen-bond donors (Lipinski definition) is 2. The normalized spacial score (nSPS) is 11.2. The van der Waals surface area contributed by atoms with Crippen LogP contribution in [0.2, 0.25) is 5.02 Å². The summed E-state index contributed by atoms with van der Waals surface area (Å²) in [5.41, 5.74) is 3.46. The van der Waals surface area contributed by atoms with Crippen molar-refractivity contribution in [3.05, 3.63) is 70.8 Å². The highest BCUT2D eigenvalue weighted by molar-refractivity contribution is 7.18. The second-order valence-corrected chi connectivity index (χ2v) is 8.33. The first kappa shape index (κ1) is 20.3. The molecule has 4 rings (SSSR count). The molecular weight excluding hydrogens is 420 g/mol. The first-order chi connectivity index (χ1) is 14.5. The van der Waals surface area contributed by atoms with Gasteiger partial charge in [-0.1, -0.05) is 54.1 Å². The molecule has 0 spiro atoms. The lowest BCUT2D eigenvalue weighted by Gasteiger charge is -2.12. The fourth-order valence-corrected chi connectivity index (χ4v) is 4.50. The maximum absolute atomic E-state index is 10.9. The summed E-state index contributed by atoms with van der Waals surface area (Å²) < 4.78 is 0.974. The zero-order valence-corrected chi connectivity index (χ0v) is 17.7. The van der Waals surface area contributed by atoms with Crippen LogP contribution in [0.15, 0.2) is 60.8 Å². The van der Waals surface area contributed by atoms with Crippen LogP contribution in [0.3, 0.4) is 0 Å². The number of likely N-dealkylation sites (N-methyl/N-ethyl adjacent to an activating group) is 1. The molecule has 2 aromatic heterocycles. The van der Waals surface area contributed by atoms with Gasteiger partial charge in [0.2, 0.25) is 0 Å². The molecule has 152 valence electrons. The highest BCUT2D eigenvalue weighted by Gasteiger charge is 2.14. The Bertz CT molecular complexity index is 1200. The minimum Gasteiger partial charge on any atom is -0.480 e. The van der Waals surface area contributed by atoms with Gasteiger partial charge in [-0.25, -0.2) is 9.97 Å². The van der Waals surface area contributed by atoms with Crippen LogP contribution in [0, 0.1) is 0 Å². The topological polar surface area (TPSA) is 78.4 Å². The minimum atomic E-state index is -0.865. The summed E-state index contributed by atoms with van der Waals surface area (Å²) in [7, 11) is 1.76. The predicted molar refractivity (Wildman–Crippen MR) is 122 cm³/mol. The van der Waals surface area contributed by atoms with E-state index >= 15 is 0 Å². The molecule has 0 aliphatic heterocycles. The molecule has 0 aliphatic rings. The summed E-state index contributed by atoms with van der Waals surface area (Å²) in [6.07, 6.45) is 1.72. The number of nitrogens with one attached hydrogen (secondary N) is 1. The Morgan fingerprint density at radius 1 is 1.17 bits per heavy atom. The van der Waals surface area contributed by atoms with E-state index < -0.39 is 5.97 Å². The number of benzene rings is 2. The number of nitrogens with zero attached hydrogens (tertiary/aromatic N) is 3. The van der Waals surface area contributed by atoms with Crippen LogP contribution >= 0.6 is 22.9 Å². The Balaban J connectivity index is 1.64. The molecule has 2 N–H and O–H groups in total. The second kappa shape index (κ2) is 8.79. The zero-order valence-electron chi connectivity index (χ0n) is 16.2. The third kappa shape index (κ3) is 4.43. The summed E-state index contributed by atoms with van der Waals surface area (Å²) >= 11 is 8.22. The van der Waals surface area contributed by atoms with Crippen LogP contribution in [-0.4, -0.2) is 39.5 Å². The van der Waals surface area contributed by atoms with Crippen molar-refractivity contribution in [2.24, 2.45) is 0 Å². The first-order valence-corrected chi connectivity index (χ1v) is 10.5. The Hall–Kier alpha value is -3.00. The van der Waals surface area contributed by atoms with Gasteiger partial charge in [0.05, 0.1) is 28.5 Å². The van der Waals surface area contributed by atoms with E-state index in [9.17, 15) is 4.79 Å². The number of aliphatic carboxylic acids is 1. The van der Waals surface area contributed by atoms with Crippen LogP contribution < -0.4 is 5.32 Å². The number of carboxylic acid groups (broad SMARTS) is 1. The summed E-state index contributed by atoms with van der Waals surface area (Å²) in [6.45, 7) is 0.413. The molecule has 0 aliphatic carbocycles. The van der Waals surface area contributed by atoms with Crippen molar-refractivity contribution in [3.8, 4) is 11.1 Å². The van der Waals surface area contributed by atoms with Crippen molar-refractivity contribution in [2.45, 2.75) is 6.54 Å². The third-order valence-electron chi connectivity index (χ3n) is 4.50. The summed E-state index contributed by atoms with van der Waals surface area (Å²) in [6, 6.07) is 17.7. The van der Waals surface area contributed by atoms with E-state index in [0.717, 1.165) is 32.0 Å². The summed E-state index contributed by atoms with van der Waals surface area (Å²) in [4.78, 5) is 21.7. The number of anilines is 2. The number of thiazole rings is 1. The standard InChI is InChI=1S/C22H19ClN4O2S/c1-27(13-19(28)29)12-18-26-21-17(30-18)10-11-24-22(21)25-16-9-5-8-15(20(16)23)14-6-3-2-4-7-14/h2-11H,12-13H2,1H3,(H,24,25)(H,28,29). The zero-order chi connectivity index (χ0) is 21.1. The van der Waals surface area contributed by atoms with E-state index in [1.165, 1.54) is 11.3 Å². The maximum atomic E-state index is 10.9. The average molecular weight is 439 g/mol. The van der Waals surface area contributed by atoms with Crippen LogP contribution in [0.4, 0.5) is 11.5 Å². The molecule has 6 nitrogen and oxygen atoms in total. The van der Waals surface area contributed by atoms with Crippen LogP contribution in [0.25, 0.3) is 21.3 Å². The van der Waals surface area contributed by atoms with Crippen molar-refractivity contribution >= 4 is 50.6 Å². The second-order valence-electron chi connectivity index (χ2n) is 6.84. The lowest BCUT2D eigenvalue weighted by Crippen LogP contribution is -2.24. The molecule has 0 saturated carbocycles. The highest BCUT2D eigenvalue weighted by Crippen LogP contribution is 2.36. The Morgan fingerprint density at radius 3 is 2.73 bits per heavy atom. The lowest BCUT2D eigenvalue weighted by molar-refractivity contribution is -0.138. The van der Waals surface area contributed by atoms with Gasteiger partial charge in [0.1, 0.15) is 10.5 Å². The van der Waals surface area contributed by atoms with Crippen LogP contribution in [0.5, 0.6) is 0 Å². The van der Waals surface area contributed by atoms with Gasteiger partial charge >= 0.3 is 5.97 Å². The number of hydrogen-bond acceptors (Lipinski definition) is 6. The molecule has 30 heavy (non-hydrogen) atoms. The number of aromatic nitrogens is 2. The van der Waals surface area contributed by atoms with Crippen molar-refractivity contribution in [3.63, 3.8) is 0 Å². The SMILES string of the molecule is CN(CC(=O)O)Cc1nc2c(Nc3cccc(-c4ccccc4)c3Cl)nccc2s1. The molecule has 4 aromatic rings. The summed E-state index contributed by atoms with van der Waals surface area (Å²) in [5, 5.41) is 13.7. The molecule has 0 amide bonds. The van der Waals surface area contributed by atoms with Gasteiger partial charge < -0.3 is 10.4 Å². The molecule has 0 bridgehead atoms. The van der Waals surface area contributed by atoms with E-state index in [1.54, 1.807) is 18.1 Å². The number of fused-ring (bicyclic) bond motifs is 1. The van der Waals surface area contributed by atoms with Gasteiger partial charge in [0.15, 0.2) is 5.82 Å².